The van der Waals surface area contributed by atoms with Gasteiger partial charge in [0.1, 0.15) is 11.2 Å². The highest BCUT2D eigenvalue weighted by atomic mass is 16.3. The van der Waals surface area contributed by atoms with Gasteiger partial charge in [-0.25, -0.2) is 15.0 Å². The molecule has 11 rings (SSSR count). The Morgan fingerprint density at radius 1 is 0.391 bits per heavy atom. The van der Waals surface area contributed by atoms with E-state index in [1.54, 1.807) is 36.4 Å². The fraction of sp³-hybridized carbons (Fsp3) is 0. The number of hydrogen-bond acceptors (Lipinski definition) is 8. The molecule has 0 aliphatic rings. The molecule has 0 aliphatic heterocycles. The summed E-state index contributed by atoms with van der Waals surface area (Å²) < 4.78 is 8.83. The lowest BCUT2D eigenvalue weighted by Gasteiger charge is -2.21. The first-order valence-electron chi connectivity index (χ1n) is 20.3. The van der Waals surface area contributed by atoms with Crippen LogP contribution in [-0.4, -0.2) is 19.5 Å². The number of benzene rings is 8. The lowest BCUT2D eigenvalue weighted by Crippen LogP contribution is -2.04. The van der Waals surface area contributed by atoms with Crippen LogP contribution < -0.4 is 0 Å². The van der Waals surface area contributed by atoms with Crippen LogP contribution in [0.5, 0.6) is 0 Å². The summed E-state index contributed by atoms with van der Waals surface area (Å²) in [6.45, 7) is 0. The van der Waals surface area contributed by atoms with Gasteiger partial charge in [0.25, 0.3) is 0 Å². The van der Waals surface area contributed by atoms with E-state index in [4.69, 9.17) is 19.4 Å². The van der Waals surface area contributed by atoms with E-state index in [2.05, 4.69) is 53.1 Å². The second kappa shape index (κ2) is 15.1. The van der Waals surface area contributed by atoms with E-state index in [-0.39, 0.29) is 0 Å². The SMILES string of the molecule is N#Cc1cc(C#N)cc(-c2cc(-c3nc(-c4ccccc4)nc(-c4ccccc4)n3)cc(-c3cc(C#N)cc(C#N)c3)c2-n2c3ccccc3c3c4oc5ccccc5c4ccc32)c1. The van der Waals surface area contributed by atoms with Gasteiger partial charge < -0.3 is 8.98 Å². The van der Waals surface area contributed by atoms with E-state index in [1.165, 1.54) is 0 Å². The molecule has 0 amide bonds. The van der Waals surface area contributed by atoms with Gasteiger partial charge in [-0.2, -0.15) is 21.0 Å². The number of nitrogens with zero attached hydrogens (tertiary/aromatic N) is 8. The van der Waals surface area contributed by atoms with Crippen LogP contribution in [0.15, 0.2) is 174 Å². The molecule has 0 fully saturated rings. The molecule has 64 heavy (non-hydrogen) atoms. The van der Waals surface area contributed by atoms with Crippen molar-refractivity contribution < 1.29 is 4.42 Å². The first-order valence-corrected chi connectivity index (χ1v) is 20.3. The van der Waals surface area contributed by atoms with E-state index in [0.717, 1.165) is 54.9 Å². The summed E-state index contributed by atoms with van der Waals surface area (Å²) in [7, 11) is 0. The molecule has 11 aromatic rings. The molecule has 0 atom stereocenters. The van der Waals surface area contributed by atoms with Crippen LogP contribution in [0.2, 0.25) is 0 Å². The summed E-state index contributed by atoms with van der Waals surface area (Å²) in [5.74, 6) is 1.29. The Morgan fingerprint density at radius 3 is 1.39 bits per heavy atom. The lowest BCUT2D eigenvalue weighted by atomic mass is 9.90. The van der Waals surface area contributed by atoms with Crippen LogP contribution >= 0.6 is 0 Å². The Balaban J connectivity index is 1.33. The van der Waals surface area contributed by atoms with Gasteiger partial charge in [-0.05, 0) is 83.9 Å². The zero-order valence-electron chi connectivity index (χ0n) is 33.7. The van der Waals surface area contributed by atoms with Gasteiger partial charge in [0, 0.05) is 44.0 Å². The average molecular weight is 817 g/mol. The fourth-order valence-electron chi connectivity index (χ4n) is 8.68. The molecular formula is C55H28N8O. The Labute approximate surface area is 365 Å². The van der Waals surface area contributed by atoms with E-state index < -0.39 is 0 Å². The Hall–Kier alpha value is -9.67. The smallest absolute Gasteiger partial charge is 0.164 e. The van der Waals surface area contributed by atoms with Crippen molar-refractivity contribution in [3.63, 3.8) is 0 Å². The maximum absolute atomic E-state index is 10.3. The Bertz CT molecular complexity index is 3680. The van der Waals surface area contributed by atoms with Crippen LogP contribution in [0.4, 0.5) is 0 Å². The molecule has 8 aromatic carbocycles. The summed E-state index contributed by atoms with van der Waals surface area (Å²) in [6.07, 6.45) is 0. The number of hydrogen-bond donors (Lipinski definition) is 0. The number of para-hydroxylation sites is 2. The third-order valence-electron chi connectivity index (χ3n) is 11.5. The van der Waals surface area contributed by atoms with Gasteiger partial charge in [0.15, 0.2) is 17.5 Å². The largest absolute Gasteiger partial charge is 0.455 e. The van der Waals surface area contributed by atoms with Gasteiger partial charge in [0.2, 0.25) is 0 Å². The predicted octanol–water partition coefficient (Wildman–Crippen LogP) is 12.7. The number of fused-ring (bicyclic) bond motifs is 7. The van der Waals surface area contributed by atoms with Gasteiger partial charge in [0.05, 0.1) is 68.6 Å². The molecule has 294 valence electrons. The normalized spacial score (nSPS) is 11.1. The summed E-state index contributed by atoms with van der Waals surface area (Å²) in [5, 5.41) is 45.1. The summed E-state index contributed by atoms with van der Waals surface area (Å²) in [4.78, 5) is 15.1. The lowest BCUT2D eigenvalue weighted by molar-refractivity contribution is 0.673. The molecule has 9 heteroatoms. The molecule has 9 nitrogen and oxygen atoms in total. The molecule has 0 saturated heterocycles. The summed E-state index contributed by atoms with van der Waals surface area (Å²) in [5.41, 5.74) is 9.68. The highest BCUT2D eigenvalue weighted by Gasteiger charge is 2.26. The molecule has 0 N–H and O–H groups in total. The van der Waals surface area contributed by atoms with Gasteiger partial charge in [-0.15, -0.1) is 0 Å². The molecule has 3 aromatic heterocycles. The van der Waals surface area contributed by atoms with Gasteiger partial charge >= 0.3 is 0 Å². The van der Waals surface area contributed by atoms with Crippen LogP contribution in [0.25, 0.3) is 106 Å². The molecule has 0 aliphatic carbocycles. The monoisotopic (exact) mass is 816 g/mol. The minimum atomic E-state index is 0.300. The molecule has 3 heterocycles. The van der Waals surface area contributed by atoms with Crippen molar-refractivity contribution >= 4 is 43.7 Å². The summed E-state index contributed by atoms with van der Waals surface area (Å²) >= 11 is 0. The first-order chi connectivity index (χ1) is 31.5. The van der Waals surface area contributed by atoms with E-state index in [0.29, 0.717) is 73.2 Å². The molecule has 0 bridgehead atoms. The summed E-state index contributed by atoms with van der Waals surface area (Å²) in [6, 6.07) is 62.8. The van der Waals surface area contributed by atoms with Crippen molar-refractivity contribution in [2.24, 2.45) is 0 Å². The van der Waals surface area contributed by atoms with E-state index >= 15 is 0 Å². The van der Waals surface area contributed by atoms with Crippen molar-refractivity contribution in [2.45, 2.75) is 0 Å². The van der Waals surface area contributed by atoms with Gasteiger partial charge in [-0.3, -0.25) is 0 Å². The standard InChI is InChI=1S/C55H28N8O/c56-29-33-21-34(30-57)24-39(23-33)45-27-41(55-61-53(37-11-3-1-4-12-37)60-54(62-55)38-13-5-2-6-14-38)28-46(40-25-35(31-58)22-36(26-40)32-59)51(45)63-47-17-9-7-16-44(47)50-48(63)20-19-43-42-15-8-10-18-49(42)64-52(43)50/h1-28H. The highest BCUT2D eigenvalue weighted by molar-refractivity contribution is 6.24. The van der Waals surface area contributed by atoms with Gasteiger partial charge in [-0.1, -0.05) is 97.1 Å². The fourth-order valence-corrected chi connectivity index (χ4v) is 8.68. The van der Waals surface area contributed by atoms with Crippen molar-refractivity contribution in [2.75, 3.05) is 0 Å². The minimum absolute atomic E-state index is 0.300. The van der Waals surface area contributed by atoms with Crippen molar-refractivity contribution in [3.8, 4) is 86.4 Å². The zero-order chi connectivity index (χ0) is 43.3. The minimum Gasteiger partial charge on any atom is -0.455 e. The molecule has 0 unspecified atom stereocenters. The quantitative estimate of drug-likeness (QED) is 0.161. The van der Waals surface area contributed by atoms with Crippen LogP contribution in [0.3, 0.4) is 0 Å². The number of rotatable bonds is 6. The maximum Gasteiger partial charge on any atom is 0.164 e. The first kappa shape index (κ1) is 37.3. The Kier molecular flexibility index (Phi) is 8.81. The van der Waals surface area contributed by atoms with E-state index in [1.807, 2.05) is 109 Å². The number of furan rings is 1. The second-order valence-corrected chi connectivity index (χ2v) is 15.3. The molecule has 0 saturated carbocycles. The highest BCUT2D eigenvalue weighted by Crippen LogP contribution is 2.46. The van der Waals surface area contributed by atoms with E-state index in [9.17, 15) is 21.0 Å². The van der Waals surface area contributed by atoms with Crippen molar-refractivity contribution in [1.82, 2.24) is 19.5 Å². The Morgan fingerprint density at radius 2 is 0.859 bits per heavy atom. The molecular weight excluding hydrogens is 789 g/mol. The zero-order valence-corrected chi connectivity index (χ0v) is 33.7. The second-order valence-electron chi connectivity index (χ2n) is 15.3. The van der Waals surface area contributed by atoms with Crippen molar-refractivity contribution in [1.29, 1.82) is 21.0 Å². The van der Waals surface area contributed by atoms with Crippen LogP contribution in [0.1, 0.15) is 22.3 Å². The van der Waals surface area contributed by atoms with Crippen molar-refractivity contribution in [3.05, 3.63) is 192 Å². The predicted molar refractivity (Wildman–Crippen MR) is 247 cm³/mol. The molecule has 0 spiro atoms. The van der Waals surface area contributed by atoms with Crippen LogP contribution in [0, 0.1) is 45.3 Å². The number of aromatic nitrogens is 4. The topological polar surface area (TPSA) is 152 Å². The third-order valence-corrected chi connectivity index (χ3v) is 11.5. The number of nitriles is 4. The molecule has 0 radical (unpaired) electrons. The maximum atomic E-state index is 10.3. The van der Waals surface area contributed by atoms with Crippen LogP contribution in [-0.2, 0) is 0 Å². The average Bonchev–Trinajstić information content (AvgIpc) is 3.91. The third kappa shape index (κ3) is 6.18.